The predicted molar refractivity (Wildman–Crippen MR) is 127 cm³/mol. The summed E-state index contributed by atoms with van der Waals surface area (Å²) < 4.78 is 0. The zero-order valence-corrected chi connectivity index (χ0v) is 20.9. The summed E-state index contributed by atoms with van der Waals surface area (Å²) in [6.45, 7) is 2.04. The second-order valence-electron chi connectivity index (χ2n) is 8.55. The van der Waals surface area contributed by atoms with Crippen LogP contribution < -0.4 is 16.0 Å². The first-order valence-electron chi connectivity index (χ1n) is 12.2. The number of carboxylic acids is 4. The van der Waals surface area contributed by atoms with Gasteiger partial charge in [0, 0.05) is 25.7 Å². The van der Waals surface area contributed by atoms with Gasteiger partial charge in [-0.25, -0.2) is 9.59 Å². The molecule has 0 radical (unpaired) electrons. The second kappa shape index (κ2) is 18.5. The molecule has 7 N–H and O–H groups in total. The largest absolute Gasteiger partial charge is 0.481 e. The van der Waals surface area contributed by atoms with E-state index in [1.54, 1.807) is 0 Å². The van der Waals surface area contributed by atoms with Crippen LogP contribution in [-0.2, 0) is 33.6 Å². The number of carboxylic acid groups (broad SMARTS) is 4. The van der Waals surface area contributed by atoms with E-state index in [0.29, 0.717) is 6.42 Å². The minimum atomic E-state index is -1.54. The van der Waals surface area contributed by atoms with Crippen LogP contribution in [-0.4, -0.2) is 80.2 Å². The Bertz CT molecular complexity index is 816. The molecular formula is C23H37N3O11. The molecule has 3 amide bonds. The van der Waals surface area contributed by atoms with Crippen LogP contribution in [0, 0.1) is 0 Å². The van der Waals surface area contributed by atoms with Crippen molar-refractivity contribution in [2.75, 3.05) is 0 Å². The minimum Gasteiger partial charge on any atom is -0.481 e. The summed E-state index contributed by atoms with van der Waals surface area (Å²) >= 11 is 0. The Hall–Kier alpha value is -3.71. The highest BCUT2D eigenvalue weighted by Crippen LogP contribution is 2.08. The third-order valence-electron chi connectivity index (χ3n) is 5.36. The fourth-order valence-corrected chi connectivity index (χ4v) is 3.29. The van der Waals surface area contributed by atoms with Gasteiger partial charge in [0.2, 0.25) is 17.7 Å². The van der Waals surface area contributed by atoms with E-state index in [0.717, 1.165) is 25.7 Å². The van der Waals surface area contributed by atoms with Crippen LogP contribution >= 0.6 is 0 Å². The molecule has 0 heterocycles. The maximum Gasteiger partial charge on any atom is 0.326 e. The lowest BCUT2D eigenvalue weighted by Crippen LogP contribution is -2.52. The van der Waals surface area contributed by atoms with E-state index >= 15 is 0 Å². The Morgan fingerprint density at radius 2 is 0.973 bits per heavy atom. The lowest BCUT2D eigenvalue weighted by molar-refractivity contribution is -0.144. The summed E-state index contributed by atoms with van der Waals surface area (Å²) in [6, 6.07) is -4.36. The van der Waals surface area contributed by atoms with Crippen molar-refractivity contribution in [1.29, 1.82) is 0 Å². The molecular weight excluding hydrogens is 494 g/mol. The Kier molecular flexibility index (Phi) is 16.7. The number of hydrogen-bond donors (Lipinski definition) is 7. The molecule has 0 bridgehead atoms. The van der Waals surface area contributed by atoms with E-state index in [1.807, 2.05) is 6.92 Å². The molecule has 210 valence electrons. The molecule has 0 aromatic rings. The molecule has 0 aliphatic carbocycles. The number of amides is 3. The minimum absolute atomic E-state index is 0.0946. The van der Waals surface area contributed by atoms with Crippen molar-refractivity contribution >= 4 is 41.6 Å². The topological polar surface area (TPSA) is 236 Å². The number of rotatable bonds is 21. The van der Waals surface area contributed by atoms with Crippen molar-refractivity contribution < 1.29 is 54.0 Å². The molecule has 0 aliphatic heterocycles. The van der Waals surface area contributed by atoms with Crippen LogP contribution in [0.4, 0.5) is 0 Å². The molecule has 0 saturated carbocycles. The SMILES string of the molecule is CCCCCCCC(=O)NC(CCC(=O)NC(CCC(=O)O)C(=O)O)C(=O)NC(CCC(=O)O)C(=O)O. The fraction of sp³-hybridized carbons (Fsp3) is 0.696. The first-order valence-corrected chi connectivity index (χ1v) is 12.2. The normalized spacial score (nSPS) is 13.0. The number of unbranched alkanes of at least 4 members (excludes halogenated alkanes) is 4. The number of carbonyl (C=O) groups excluding carboxylic acids is 3. The molecule has 0 saturated heterocycles. The van der Waals surface area contributed by atoms with Gasteiger partial charge in [-0.15, -0.1) is 0 Å². The van der Waals surface area contributed by atoms with Crippen molar-refractivity contribution in [3.8, 4) is 0 Å². The van der Waals surface area contributed by atoms with Gasteiger partial charge < -0.3 is 36.4 Å². The zero-order valence-electron chi connectivity index (χ0n) is 20.9. The van der Waals surface area contributed by atoms with Gasteiger partial charge in [0.05, 0.1) is 0 Å². The first kappa shape index (κ1) is 33.3. The van der Waals surface area contributed by atoms with E-state index < -0.39 is 85.4 Å². The van der Waals surface area contributed by atoms with Crippen LogP contribution in [0.2, 0.25) is 0 Å². The Labute approximate surface area is 214 Å². The molecule has 0 rings (SSSR count). The van der Waals surface area contributed by atoms with Gasteiger partial charge in [-0.05, 0) is 25.7 Å². The first-order chi connectivity index (χ1) is 17.4. The highest BCUT2D eigenvalue weighted by molar-refractivity contribution is 5.91. The fourth-order valence-electron chi connectivity index (χ4n) is 3.29. The Balaban J connectivity index is 5.25. The molecule has 14 heteroatoms. The molecule has 14 nitrogen and oxygen atoms in total. The van der Waals surface area contributed by atoms with Crippen molar-refractivity contribution in [1.82, 2.24) is 16.0 Å². The monoisotopic (exact) mass is 531 g/mol. The molecule has 0 fully saturated rings. The van der Waals surface area contributed by atoms with Gasteiger partial charge in [-0.1, -0.05) is 32.6 Å². The van der Waals surface area contributed by atoms with Gasteiger partial charge in [0.15, 0.2) is 0 Å². The van der Waals surface area contributed by atoms with Crippen molar-refractivity contribution in [3.63, 3.8) is 0 Å². The molecule has 37 heavy (non-hydrogen) atoms. The molecule has 0 aromatic heterocycles. The summed E-state index contributed by atoms with van der Waals surface area (Å²) in [6.07, 6.45) is 1.88. The van der Waals surface area contributed by atoms with Gasteiger partial charge >= 0.3 is 23.9 Å². The molecule has 0 spiro atoms. The van der Waals surface area contributed by atoms with E-state index in [-0.39, 0.29) is 19.3 Å². The third-order valence-corrected chi connectivity index (χ3v) is 5.36. The number of hydrogen-bond acceptors (Lipinski definition) is 7. The second-order valence-corrected chi connectivity index (χ2v) is 8.55. The van der Waals surface area contributed by atoms with Gasteiger partial charge in [0.25, 0.3) is 0 Å². The van der Waals surface area contributed by atoms with E-state index in [9.17, 15) is 43.8 Å². The van der Waals surface area contributed by atoms with Gasteiger partial charge in [-0.2, -0.15) is 0 Å². The Morgan fingerprint density at radius 1 is 0.541 bits per heavy atom. The summed E-state index contributed by atoms with van der Waals surface area (Å²) in [5.74, 6) is -7.68. The van der Waals surface area contributed by atoms with Crippen molar-refractivity contribution in [2.45, 2.75) is 102 Å². The molecule has 3 atom stereocenters. The van der Waals surface area contributed by atoms with E-state index in [1.165, 1.54) is 0 Å². The molecule has 0 aromatic carbocycles. The quantitative estimate of drug-likeness (QED) is 0.101. The average molecular weight is 532 g/mol. The maximum absolute atomic E-state index is 12.7. The van der Waals surface area contributed by atoms with Crippen LogP contribution in [0.1, 0.15) is 84.0 Å². The molecule has 3 unspecified atom stereocenters. The van der Waals surface area contributed by atoms with Crippen LogP contribution in [0.3, 0.4) is 0 Å². The van der Waals surface area contributed by atoms with Gasteiger partial charge in [-0.3, -0.25) is 24.0 Å². The van der Waals surface area contributed by atoms with Crippen LogP contribution in [0.25, 0.3) is 0 Å². The summed E-state index contributed by atoms with van der Waals surface area (Å²) in [5.41, 5.74) is 0. The standard InChI is InChI=1S/C23H37N3O11/c1-2-3-4-5-6-7-17(27)24-14(21(33)26-16(23(36)37)10-13-20(31)32)8-11-18(28)25-15(22(34)35)9-12-19(29)30/h14-16H,2-13H2,1H3,(H,24,27)(H,25,28)(H,26,33)(H,29,30)(H,31,32)(H,34,35)(H,36,37). The number of carbonyl (C=O) groups is 7. The number of nitrogens with one attached hydrogen (secondary N) is 3. The zero-order chi connectivity index (χ0) is 28.4. The van der Waals surface area contributed by atoms with E-state index in [2.05, 4.69) is 16.0 Å². The summed E-state index contributed by atoms with van der Waals surface area (Å²) in [4.78, 5) is 81.5. The maximum atomic E-state index is 12.7. The summed E-state index contributed by atoms with van der Waals surface area (Å²) in [7, 11) is 0. The average Bonchev–Trinajstić information content (AvgIpc) is 2.80. The van der Waals surface area contributed by atoms with Crippen molar-refractivity contribution in [2.24, 2.45) is 0 Å². The number of aliphatic carboxylic acids is 4. The van der Waals surface area contributed by atoms with Crippen LogP contribution in [0.5, 0.6) is 0 Å². The Morgan fingerprint density at radius 3 is 1.46 bits per heavy atom. The van der Waals surface area contributed by atoms with Crippen LogP contribution in [0.15, 0.2) is 0 Å². The molecule has 0 aliphatic rings. The lowest BCUT2D eigenvalue weighted by Gasteiger charge is -2.22. The summed E-state index contributed by atoms with van der Waals surface area (Å²) in [5, 5.41) is 42.7. The third kappa shape index (κ3) is 16.6. The lowest BCUT2D eigenvalue weighted by atomic mass is 10.1. The van der Waals surface area contributed by atoms with Crippen molar-refractivity contribution in [3.05, 3.63) is 0 Å². The predicted octanol–water partition coefficient (Wildman–Crippen LogP) is 0.480. The van der Waals surface area contributed by atoms with E-state index in [4.69, 9.17) is 10.2 Å². The van der Waals surface area contributed by atoms with Gasteiger partial charge in [0.1, 0.15) is 18.1 Å². The smallest absolute Gasteiger partial charge is 0.326 e. The highest BCUT2D eigenvalue weighted by Gasteiger charge is 2.28. The highest BCUT2D eigenvalue weighted by atomic mass is 16.4.